The highest BCUT2D eigenvalue weighted by molar-refractivity contribution is 6.67. The summed E-state index contributed by atoms with van der Waals surface area (Å²) in [6, 6.07) is 13.0. The summed E-state index contributed by atoms with van der Waals surface area (Å²) >= 11 is 5.16. The number of halogens is 4. The van der Waals surface area contributed by atoms with Crippen LogP contribution in [0.25, 0.3) is 11.1 Å². The maximum absolute atomic E-state index is 12.5. The molecule has 0 saturated carbocycles. The normalized spacial score (nSPS) is 12.1. The molecular weight excluding hydrogens is 331 g/mol. The summed E-state index contributed by atoms with van der Waals surface area (Å²) in [5.74, 6) is -0.678. The Morgan fingerprint density at radius 3 is 2.30 bits per heavy atom. The van der Waals surface area contributed by atoms with E-state index in [2.05, 4.69) is 9.73 Å². The van der Waals surface area contributed by atoms with Crippen LogP contribution in [-0.4, -0.2) is 24.4 Å². The third kappa shape index (κ3) is 4.32. The first-order valence-corrected chi connectivity index (χ1v) is 6.79. The number of methoxy groups -OCH3 is 1. The minimum absolute atomic E-state index is 0.0826. The molecule has 2 aromatic rings. The van der Waals surface area contributed by atoms with Crippen molar-refractivity contribution in [3.05, 3.63) is 54.1 Å². The third-order valence-corrected chi connectivity index (χ3v) is 3.21. The van der Waals surface area contributed by atoms with E-state index in [9.17, 15) is 18.0 Å². The van der Waals surface area contributed by atoms with Gasteiger partial charge >= 0.3 is 12.1 Å². The Hall–Kier alpha value is -2.34. The van der Waals surface area contributed by atoms with E-state index in [0.29, 0.717) is 5.56 Å². The van der Waals surface area contributed by atoms with E-state index >= 15 is 0 Å². The fourth-order valence-electron chi connectivity index (χ4n) is 1.89. The van der Waals surface area contributed by atoms with Gasteiger partial charge in [0.15, 0.2) is 0 Å². The molecule has 2 aromatic carbocycles. The lowest BCUT2D eigenvalue weighted by Gasteiger charge is -2.08. The van der Waals surface area contributed by atoms with Crippen molar-refractivity contribution >= 4 is 28.4 Å². The molecule has 0 spiro atoms. The zero-order valence-corrected chi connectivity index (χ0v) is 12.7. The van der Waals surface area contributed by atoms with E-state index in [-0.39, 0.29) is 11.3 Å². The Kier molecular flexibility index (Phi) is 5.05. The highest BCUT2D eigenvalue weighted by atomic mass is 35.5. The highest BCUT2D eigenvalue weighted by Crippen LogP contribution is 2.29. The second kappa shape index (κ2) is 6.83. The Morgan fingerprint density at radius 1 is 1.09 bits per heavy atom. The number of nitrogens with zero attached hydrogens (tertiary/aromatic N) is 1. The fourth-order valence-corrected chi connectivity index (χ4v) is 1.98. The largest absolute Gasteiger partial charge is 0.465 e. The quantitative estimate of drug-likeness (QED) is 0.584. The minimum atomic E-state index is -4.75. The van der Waals surface area contributed by atoms with Crippen molar-refractivity contribution in [2.45, 2.75) is 6.18 Å². The van der Waals surface area contributed by atoms with Crippen LogP contribution in [0.15, 0.2) is 53.5 Å². The Morgan fingerprint density at radius 2 is 1.74 bits per heavy atom. The van der Waals surface area contributed by atoms with Gasteiger partial charge in [-0.3, -0.25) is 0 Å². The number of rotatable bonds is 3. The van der Waals surface area contributed by atoms with E-state index in [0.717, 1.165) is 5.56 Å². The summed E-state index contributed by atoms with van der Waals surface area (Å²) < 4.78 is 42.2. The molecule has 0 aliphatic carbocycles. The van der Waals surface area contributed by atoms with Crippen molar-refractivity contribution in [1.29, 1.82) is 0 Å². The first-order chi connectivity index (χ1) is 10.8. The molecule has 0 fully saturated rings. The van der Waals surface area contributed by atoms with Crippen LogP contribution >= 0.6 is 11.6 Å². The molecule has 0 atom stereocenters. The van der Waals surface area contributed by atoms with Gasteiger partial charge in [0.05, 0.1) is 18.4 Å². The molecular formula is C16H11ClF3NO2. The molecule has 0 aromatic heterocycles. The van der Waals surface area contributed by atoms with Crippen LogP contribution in [0.3, 0.4) is 0 Å². The van der Waals surface area contributed by atoms with Gasteiger partial charge in [-0.25, -0.2) is 9.79 Å². The van der Waals surface area contributed by atoms with E-state index in [1.165, 1.54) is 25.3 Å². The molecule has 0 heterocycles. The maximum atomic E-state index is 12.5. The van der Waals surface area contributed by atoms with Crippen molar-refractivity contribution in [2.75, 3.05) is 7.11 Å². The third-order valence-electron chi connectivity index (χ3n) is 2.91. The Balaban J connectivity index is 2.57. The monoisotopic (exact) mass is 341 g/mol. The van der Waals surface area contributed by atoms with Gasteiger partial charge in [0, 0.05) is 0 Å². The van der Waals surface area contributed by atoms with Gasteiger partial charge in [0.2, 0.25) is 5.17 Å². The van der Waals surface area contributed by atoms with Crippen LogP contribution in [-0.2, 0) is 4.74 Å². The summed E-state index contributed by atoms with van der Waals surface area (Å²) in [6.07, 6.45) is -4.75. The van der Waals surface area contributed by atoms with Crippen molar-refractivity contribution in [3.8, 4) is 11.1 Å². The number of esters is 1. The number of hydrogen-bond acceptors (Lipinski definition) is 3. The lowest BCUT2D eigenvalue weighted by molar-refractivity contribution is -0.0558. The highest BCUT2D eigenvalue weighted by Gasteiger charge is 2.34. The number of hydrogen-bond donors (Lipinski definition) is 0. The maximum Gasteiger partial charge on any atom is 0.444 e. The van der Waals surface area contributed by atoms with Gasteiger partial charge in [-0.15, -0.1) is 0 Å². The van der Waals surface area contributed by atoms with Crippen LogP contribution in [0.5, 0.6) is 0 Å². The lowest BCUT2D eigenvalue weighted by atomic mass is 10.0. The number of alkyl halides is 3. The van der Waals surface area contributed by atoms with E-state index in [1.54, 1.807) is 30.3 Å². The molecule has 2 rings (SSSR count). The number of carbonyl (C=O) groups is 1. The fraction of sp³-hybridized carbons (Fsp3) is 0.125. The zero-order chi connectivity index (χ0) is 17.0. The molecule has 3 nitrogen and oxygen atoms in total. The molecule has 0 unspecified atom stereocenters. The van der Waals surface area contributed by atoms with Crippen LogP contribution < -0.4 is 0 Å². The minimum Gasteiger partial charge on any atom is -0.465 e. The SMILES string of the molecule is COC(=O)c1cc(N=C(Cl)C(F)(F)F)cc(-c2ccccc2)c1. The molecule has 0 saturated heterocycles. The van der Waals surface area contributed by atoms with Gasteiger partial charge in [-0.2, -0.15) is 13.2 Å². The predicted molar refractivity (Wildman–Crippen MR) is 82.2 cm³/mol. The second-order valence-corrected chi connectivity index (χ2v) is 4.88. The molecule has 120 valence electrons. The van der Waals surface area contributed by atoms with Crippen molar-refractivity contribution in [3.63, 3.8) is 0 Å². The van der Waals surface area contributed by atoms with Gasteiger partial charge in [-0.1, -0.05) is 41.9 Å². The summed E-state index contributed by atoms with van der Waals surface area (Å²) in [6.45, 7) is 0. The first kappa shape index (κ1) is 17.0. The van der Waals surface area contributed by atoms with E-state index < -0.39 is 17.3 Å². The van der Waals surface area contributed by atoms with Gasteiger partial charge in [0.1, 0.15) is 0 Å². The summed E-state index contributed by atoms with van der Waals surface area (Å²) in [5, 5.41) is -1.52. The molecule has 0 amide bonds. The van der Waals surface area contributed by atoms with Crippen LogP contribution in [0.4, 0.5) is 18.9 Å². The van der Waals surface area contributed by atoms with Gasteiger partial charge in [0.25, 0.3) is 0 Å². The summed E-state index contributed by atoms with van der Waals surface area (Å²) in [5.41, 5.74) is 1.24. The smallest absolute Gasteiger partial charge is 0.444 e. The van der Waals surface area contributed by atoms with E-state index in [1.807, 2.05) is 0 Å². The van der Waals surface area contributed by atoms with Crippen molar-refractivity contribution in [1.82, 2.24) is 0 Å². The lowest BCUT2D eigenvalue weighted by Crippen LogP contribution is -2.16. The molecule has 0 aliphatic heterocycles. The van der Waals surface area contributed by atoms with Gasteiger partial charge in [-0.05, 0) is 29.3 Å². The average Bonchev–Trinajstić information content (AvgIpc) is 2.53. The average molecular weight is 342 g/mol. The molecule has 0 N–H and O–H groups in total. The van der Waals surface area contributed by atoms with Gasteiger partial charge < -0.3 is 4.74 Å². The molecule has 7 heteroatoms. The van der Waals surface area contributed by atoms with Crippen molar-refractivity contribution in [2.24, 2.45) is 4.99 Å². The van der Waals surface area contributed by atoms with Crippen LogP contribution in [0, 0.1) is 0 Å². The number of aliphatic imine (C=N–C) groups is 1. The van der Waals surface area contributed by atoms with Crippen LogP contribution in [0.1, 0.15) is 10.4 Å². The Labute approximate surface area is 135 Å². The predicted octanol–water partition coefficient (Wildman–Crippen LogP) is 4.97. The molecule has 23 heavy (non-hydrogen) atoms. The van der Waals surface area contributed by atoms with Crippen LogP contribution in [0.2, 0.25) is 0 Å². The molecule has 0 bridgehead atoms. The number of ether oxygens (including phenoxy) is 1. The second-order valence-electron chi connectivity index (χ2n) is 4.53. The first-order valence-electron chi connectivity index (χ1n) is 6.41. The topological polar surface area (TPSA) is 38.7 Å². The Bertz CT molecular complexity index is 743. The number of benzene rings is 2. The summed E-state index contributed by atoms with van der Waals surface area (Å²) in [4.78, 5) is 15.0. The standard InChI is InChI=1S/C16H11ClF3NO2/c1-23-14(22)12-7-11(10-5-3-2-4-6-10)8-13(9-12)21-15(17)16(18,19)20/h2-9H,1H3. The van der Waals surface area contributed by atoms with E-state index in [4.69, 9.17) is 11.6 Å². The molecule has 0 aliphatic rings. The summed E-state index contributed by atoms with van der Waals surface area (Å²) in [7, 11) is 1.18. The number of carbonyl (C=O) groups excluding carboxylic acids is 1. The molecule has 0 radical (unpaired) electrons. The van der Waals surface area contributed by atoms with Crippen molar-refractivity contribution < 1.29 is 22.7 Å². The zero-order valence-electron chi connectivity index (χ0n) is 11.9.